The van der Waals surface area contributed by atoms with Gasteiger partial charge in [0.15, 0.2) is 5.78 Å². The number of aromatic nitrogens is 4. The zero-order valence-corrected chi connectivity index (χ0v) is 12.9. The standard InChI is InChI=1S/C13H13ClN4O2S/c1-20-12-5-2-8(6-10(12)14)11(19)7-21-13-15-16-17-18(13)9-3-4-9/h2,5-6,9H,3-4,7H2,1H3. The maximum absolute atomic E-state index is 12.2. The molecule has 21 heavy (non-hydrogen) atoms. The molecule has 0 aliphatic heterocycles. The van der Waals surface area contributed by atoms with E-state index in [0.29, 0.717) is 27.5 Å². The fourth-order valence-electron chi connectivity index (χ4n) is 1.88. The third kappa shape index (κ3) is 3.19. The number of nitrogens with zero attached hydrogens (tertiary/aromatic N) is 4. The van der Waals surface area contributed by atoms with E-state index in [1.54, 1.807) is 22.9 Å². The number of carbonyl (C=O) groups excluding carboxylic acids is 1. The second-order valence-electron chi connectivity index (χ2n) is 4.70. The summed E-state index contributed by atoms with van der Waals surface area (Å²) in [6.45, 7) is 0. The highest BCUT2D eigenvalue weighted by Crippen LogP contribution is 2.36. The number of methoxy groups -OCH3 is 1. The van der Waals surface area contributed by atoms with Gasteiger partial charge in [-0.05, 0) is 41.5 Å². The third-order valence-electron chi connectivity index (χ3n) is 3.16. The molecule has 0 spiro atoms. The Hall–Kier alpha value is -1.60. The fourth-order valence-corrected chi connectivity index (χ4v) is 2.98. The van der Waals surface area contributed by atoms with Crippen LogP contribution in [0.1, 0.15) is 29.2 Å². The van der Waals surface area contributed by atoms with Crippen LogP contribution in [-0.2, 0) is 0 Å². The van der Waals surface area contributed by atoms with Crippen molar-refractivity contribution in [3.8, 4) is 5.75 Å². The van der Waals surface area contributed by atoms with Crippen molar-refractivity contribution in [3.63, 3.8) is 0 Å². The zero-order valence-electron chi connectivity index (χ0n) is 11.3. The second kappa shape index (κ2) is 6.03. The lowest BCUT2D eigenvalue weighted by Crippen LogP contribution is -2.05. The maximum Gasteiger partial charge on any atom is 0.210 e. The normalized spacial score (nSPS) is 14.2. The third-order valence-corrected chi connectivity index (χ3v) is 4.39. The van der Waals surface area contributed by atoms with Crippen LogP contribution in [0.5, 0.6) is 5.75 Å². The molecule has 6 nitrogen and oxygen atoms in total. The van der Waals surface area contributed by atoms with Crippen LogP contribution in [0.3, 0.4) is 0 Å². The molecule has 110 valence electrons. The Morgan fingerprint density at radius 1 is 1.52 bits per heavy atom. The van der Waals surface area contributed by atoms with E-state index >= 15 is 0 Å². The molecule has 1 aliphatic carbocycles. The first-order valence-corrected chi connectivity index (χ1v) is 7.83. The number of hydrogen-bond acceptors (Lipinski definition) is 6. The molecule has 1 saturated carbocycles. The van der Waals surface area contributed by atoms with Crippen LogP contribution in [0.25, 0.3) is 0 Å². The van der Waals surface area contributed by atoms with Crippen LogP contribution in [0.2, 0.25) is 5.02 Å². The minimum absolute atomic E-state index is 0.0186. The smallest absolute Gasteiger partial charge is 0.210 e. The van der Waals surface area contributed by atoms with Crippen molar-refractivity contribution < 1.29 is 9.53 Å². The molecule has 0 saturated heterocycles. The number of ketones is 1. The summed E-state index contributed by atoms with van der Waals surface area (Å²) in [6, 6.07) is 5.41. The van der Waals surface area contributed by atoms with Crippen LogP contribution < -0.4 is 4.74 Å². The zero-order chi connectivity index (χ0) is 14.8. The minimum atomic E-state index is -0.0186. The van der Waals surface area contributed by atoms with Gasteiger partial charge in [0, 0.05) is 5.56 Å². The van der Waals surface area contributed by atoms with Crippen LogP contribution in [0.15, 0.2) is 23.4 Å². The van der Waals surface area contributed by atoms with Crippen molar-refractivity contribution in [1.82, 2.24) is 20.2 Å². The molecule has 1 aromatic heterocycles. The molecule has 0 bridgehead atoms. The van der Waals surface area contributed by atoms with Crippen LogP contribution >= 0.6 is 23.4 Å². The Kier molecular flexibility index (Phi) is 4.12. The average molecular weight is 325 g/mol. The molecule has 0 unspecified atom stereocenters. The average Bonchev–Trinajstić information content (AvgIpc) is 3.23. The van der Waals surface area contributed by atoms with E-state index in [-0.39, 0.29) is 11.5 Å². The van der Waals surface area contributed by atoms with E-state index in [1.165, 1.54) is 18.9 Å². The number of thioether (sulfide) groups is 1. The molecule has 1 heterocycles. The molecular weight excluding hydrogens is 312 g/mol. The first kappa shape index (κ1) is 14.3. The Balaban J connectivity index is 1.66. The van der Waals surface area contributed by atoms with E-state index in [2.05, 4.69) is 15.5 Å². The highest BCUT2D eigenvalue weighted by atomic mass is 35.5. The van der Waals surface area contributed by atoms with Crippen molar-refractivity contribution in [2.75, 3.05) is 12.9 Å². The predicted octanol–water partition coefficient (Wildman–Crippen LogP) is 2.65. The Morgan fingerprint density at radius 3 is 3.00 bits per heavy atom. The number of tetrazole rings is 1. The van der Waals surface area contributed by atoms with Gasteiger partial charge in [-0.1, -0.05) is 23.4 Å². The van der Waals surface area contributed by atoms with Gasteiger partial charge in [-0.25, -0.2) is 4.68 Å². The first-order chi connectivity index (χ1) is 10.2. The fraction of sp³-hybridized carbons (Fsp3) is 0.385. The molecule has 1 fully saturated rings. The summed E-state index contributed by atoms with van der Waals surface area (Å²) in [5.74, 6) is 0.809. The molecular formula is C13H13ClN4O2S. The lowest BCUT2D eigenvalue weighted by atomic mass is 10.1. The van der Waals surface area contributed by atoms with E-state index in [4.69, 9.17) is 16.3 Å². The van der Waals surface area contributed by atoms with Gasteiger partial charge in [-0.3, -0.25) is 4.79 Å². The van der Waals surface area contributed by atoms with Crippen molar-refractivity contribution in [3.05, 3.63) is 28.8 Å². The molecule has 2 aromatic rings. The summed E-state index contributed by atoms with van der Waals surface area (Å²) >= 11 is 7.37. The number of ether oxygens (including phenoxy) is 1. The number of Topliss-reactive ketones (excluding diaryl/α,β-unsaturated/α-hetero) is 1. The van der Waals surface area contributed by atoms with Gasteiger partial charge in [0.1, 0.15) is 5.75 Å². The van der Waals surface area contributed by atoms with Gasteiger partial charge in [0.2, 0.25) is 5.16 Å². The maximum atomic E-state index is 12.2. The predicted molar refractivity (Wildman–Crippen MR) is 79.1 cm³/mol. The van der Waals surface area contributed by atoms with Gasteiger partial charge in [-0.15, -0.1) is 5.10 Å². The summed E-state index contributed by atoms with van der Waals surface area (Å²) in [7, 11) is 1.54. The highest BCUT2D eigenvalue weighted by molar-refractivity contribution is 7.99. The van der Waals surface area contributed by atoms with Crippen molar-refractivity contribution in [2.45, 2.75) is 24.0 Å². The Morgan fingerprint density at radius 2 is 2.33 bits per heavy atom. The molecule has 8 heteroatoms. The molecule has 0 radical (unpaired) electrons. The molecule has 3 rings (SSSR count). The second-order valence-corrected chi connectivity index (χ2v) is 6.05. The van der Waals surface area contributed by atoms with Gasteiger partial charge in [0.05, 0.1) is 23.9 Å². The summed E-state index contributed by atoms with van der Waals surface area (Å²) in [5.41, 5.74) is 0.554. The van der Waals surface area contributed by atoms with Crippen LogP contribution in [-0.4, -0.2) is 38.9 Å². The van der Waals surface area contributed by atoms with Gasteiger partial charge >= 0.3 is 0 Å². The largest absolute Gasteiger partial charge is 0.495 e. The minimum Gasteiger partial charge on any atom is -0.495 e. The number of hydrogen-bond donors (Lipinski definition) is 0. The van der Waals surface area contributed by atoms with E-state index in [0.717, 1.165) is 12.8 Å². The quantitative estimate of drug-likeness (QED) is 0.601. The van der Waals surface area contributed by atoms with Crippen LogP contribution in [0, 0.1) is 0 Å². The lowest BCUT2D eigenvalue weighted by Gasteiger charge is -2.05. The van der Waals surface area contributed by atoms with E-state index in [9.17, 15) is 4.79 Å². The monoisotopic (exact) mass is 324 g/mol. The van der Waals surface area contributed by atoms with E-state index in [1.807, 2.05) is 0 Å². The lowest BCUT2D eigenvalue weighted by molar-refractivity contribution is 0.102. The van der Waals surface area contributed by atoms with Crippen molar-refractivity contribution in [2.24, 2.45) is 0 Å². The molecule has 0 N–H and O–H groups in total. The number of rotatable bonds is 6. The number of benzene rings is 1. The Labute approximate surface area is 130 Å². The summed E-state index contributed by atoms with van der Waals surface area (Å²) in [4.78, 5) is 12.2. The van der Waals surface area contributed by atoms with Crippen molar-refractivity contribution in [1.29, 1.82) is 0 Å². The van der Waals surface area contributed by atoms with Gasteiger partial charge in [0.25, 0.3) is 0 Å². The van der Waals surface area contributed by atoms with E-state index < -0.39 is 0 Å². The number of halogens is 1. The molecule has 0 amide bonds. The SMILES string of the molecule is COc1ccc(C(=O)CSc2nnnn2C2CC2)cc1Cl. The van der Waals surface area contributed by atoms with Gasteiger partial charge in [-0.2, -0.15) is 0 Å². The summed E-state index contributed by atoms with van der Waals surface area (Å²) < 4.78 is 6.86. The Bertz CT molecular complexity index is 672. The van der Waals surface area contributed by atoms with Gasteiger partial charge < -0.3 is 4.74 Å². The van der Waals surface area contributed by atoms with Crippen molar-refractivity contribution >= 4 is 29.1 Å². The summed E-state index contributed by atoms with van der Waals surface area (Å²) in [5, 5.41) is 12.7. The molecule has 1 aliphatic rings. The first-order valence-electron chi connectivity index (χ1n) is 6.46. The highest BCUT2D eigenvalue weighted by Gasteiger charge is 2.28. The number of carbonyl (C=O) groups is 1. The molecule has 1 aromatic carbocycles. The van der Waals surface area contributed by atoms with Crippen LogP contribution in [0.4, 0.5) is 0 Å². The summed E-state index contributed by atoms with van der Waals surface area (Å²) in [6.07, 6.45) is 2.20. The molecule has 0 atom stereocenters. The topological polar surface area (TPSA) is 69.9 Å².